The average Bonchev–Trinajstić information content (AvgIpc) is 2.25. The van der Waals surface area contributed by atoms with Gasteiger partial charge in [-0.15, -0.1) is 0 Å². The molecule has 96 valence electrons. The maximum Gasteiger partial charge on any atom is 0.416 e. The van der Waals surface area contributed by atoms with Crippen molar-refractivity contribution in [3.8, 4) is 0 Å². The molecule has 0 spiro atoms. The SMILES string of the molecule is O=C([O-])C=CC(=O)Nc1cccc(C(F)(F)F)c1. The molecule has 1 aromatic carbocycles. The molecule has 1 aromatic rings. The summed E-state index contributed by atoms with van der Waals surface area (Å²) in [6, 6.07) is 3.97. The summed E-state index contributed by atoms with van der Waals surface area (Å²) < 4.78 is 37.0. The molecule has 0 saturated heterocycles. The van der Waals surface area contributed by atoms with Crippen molar-refractivity contribution >= 4 is 17.6 Å². The smallest absolute Gasteiger partial charge is 0.416 e. The number of carbonyl (C=O) groups excluding carboxylic acids is 2. The van der Waals surface area contributed by atoms with E-state index >= 15 is 0 Å². The summed E-state index contributed by atoms with van der Waals surface area (Å²) in [5.74, 6) is -2.44. The summed E-state index contributed by atoms with van der Waals surface area (Å²) in [6.07, 6.45) is -3.39. The van der Waals surface area contributed by atoms with Crippen LogP contribution in [0.1, 0.15) is 5.56 Å². The molecule has 0 aliphatic heterocycles. The van der Waals surface area contributed by atoms with E-state index in [-0.39, 0.29) is 5.69 Å². The number of hydrogen-bond donors (Lipinski definition) is 1. The van der Waals surface area contributed by atoms with E-state index in [1.165, 1.54) is 6.07 Å². The predicted molar refractivity (Wildman–Crippen MR) is 54.2 cm³/mol. The van der Waals surface area contributed by atoms with E-state index in [0.717, 1.165) is 18.2 Å². The Morgan fingerprint density at radius 3 is 2.44 bits per heavy atom. The molecule has 0 aliphatic carbocycles. The second-order valence-corrected chi connectivity index (χ2v) is 3.22. The summed E-state index contributed by atoms with van der Waals surface area (Å²) in [5, 5.41) is 12.1. The molecular weight excluding hydrogens is 251 g/mol. The topological polar surface area (TPSA) is 69.2 Å². The third-order valence-corrected chi connectivity index (χ3v) is 1.83. The van der Waals surface area contributed by atoms with Crippen molar-refractivity contribution in [1.82, 2.24) is 0 Å². The van der Waals surface area contributed by atoms with E-state index < -0.39 is 23.6 Å². The van der Waals surface area contributed by atoms with Gasteiger partial charge in [-0.05, 0) is 24.3 Å². The molecule has 0 unspecified atom stereocenters. The molecule has 1 amide bonds. The summed E-state index contributed by atoms with van der Waals surface area (Å²) in [6.45, 7) is 0. The van der Waals surface area contributed by atoms with Crippen LogP contribution < -0.4 is 10.4 Å². The van der Waals surface area contributed by atoms with E-state index in [2.05, 4.69) is 5.32 Å². The Labute approximate surface area is 99.7 Å². The van der Waals surface area contributed by atoms with Crippen LogP contribution in [0.3, 0.4) is 0 Å². The van der Waals surface area contributed by atoms with Crippen LogP contribution in [0.25, 0.3) is 0 Å². The molecule has 1 rings (SSSR count). The summed E-state index contributed by atoms with van der Waals surface area (Å²) in [5.41, 5.74) is -0.998. The third kappa shape index (κ3) is 4.28. The van der Waals surface area contributed by atoms with Gasteiger partial charge < -0.3 is 15.2 Å². The minimum atomic E-state index is -4.51. The number of aliphatic carboxylic acids is 1. The molecule has 0 heterocycles. The molecule has 0 fully saturated rings. The van der Waals surface area contributed by atoms with Crippen LogP contribution in [-0.2, 0) is 15.8 Å². The van der Waals surface area contributed by atoms with Crippen LogP contribution in [0.4, 0.5) is 18.9 Å². The Bertz CT molecular complexity index is 495. The minimum absolute atomic E-state index is 0.0853. The van der Waals surface area contributed by atoms with Gasteiger partial charge in [-0.3, -0.25) is 4.79 Å². The highest BCUT2D eigenvalue weighted by molar-refractivity contribution is 6.02. The fraction of sp³-hybridized carbons (Fsp3) is 0.0909. The minimum Gasteiger partial charge on any atom is -0.545 e. The van der Waals surface area contributed by atoms with Crippen molar-refractivity contribution < 1.29 is 27.9 Å². The van der Waals surface area contributed by atoms with Crippen LogP contribution in [0.5, 0.6) is 0 Å². The Morgan fingerprint density at radius 2 is 1.89 bits per heavy atom. The van der Waals surface area contributed by atoms with Gasteiger partial charge in [0, 0.05) is 11.8 Å². The van der Waals surface area contributed by atoms with Gasteiger partial charge in [-0.25, -0.2) is 0 Å². The summed E-state index contributed by atoms with van der Waals surface area (Å²) in [4.78, 5) is 21.1. The number of halogens is 3. The standard InChI is InChI=1S/C11H8F3NO3/c12-11(13,14)7-2-1-3-8(6-7)15-9(16)4-5-10(17)18/h1-6H,(H,15,16)(H,17,18)/p-1. The van der Waals surface area contributed by atoms with Crippen LogP contribution >= 0.6 is 0 Å². The number of benzene rings is 1. The number of alkyl halides is 3. The maximum absolute atomic E-state index is 12.3. The lowest BCUT2D eigenvalue weighted by atomic mass is 10.2. The van der Waals surface area contributed by atoms with E-state index in [9.17, 15) is 27.9 Å². The zero-order valence-corrected chi connectivity index (χ0v) is 8.82. The van der Waals surface area contributed by atoms with Crippen molar-refractivity contribution in [3.63, 3.8) is 0 Å². The molecule has 18 heavy (non-hydrogen) atoms. The zero-order chi connectivity index (χ0) is 13.8. The van der Waals surface area contributed by atoms with E-state index in [1.54, 1.807) is 0 Å². The lowest BCUT2D eigenvalue weighted by molar-refractivity contribution is -0.297. The van der Waals surface area contributed by atoms with Crippen molar-refractivity contribution in [2.45, 2.75) is 6.18 Å². The first-order valence-electron chi connectivity index (χ1n) is 4.66. The number of carbonyl (C=O) groups is 2. The summed E-state index contributed by atoms with van der Waals surface area (Å²) in [7, 11) is 0. The molecule has 0 bridgehead atoms. The number of nitrogens with one attached hydrogen (secondary N) is 1. The lowest BCUT2D eigenvalue weighted by Gasteiger charge is -2.08. The van der Waals surface area contributed by atoms with E-state index in [1.807, 2.05) is 0 Å². The zero-order valence-electron chi connectivity index (χ0n) is 8.82. The fourth-order valence-corrected chi connectivity index (χ4v) is 1.10. The Hall–Kier alpha value is -2.31. The lowest BCUT2D eigenvalue weighted by Crippen LogP contribution is -2.20. The predicted octanol–water partition coefficient (Wildman–Crippen LogP) is 0.950. The molecule has 1 N–H and O–H groups in total. The van der Waals surface area contributed by atoms with Gasteiger partial charge in [0.1, 0.15) is 0 Å². The van der Waals surface area contributed by atoms with Gasteiger partial charge in [0.25, 0.3) is 0 Å². The number of carboxylic acid groups (broad SMARTS) is 1. The summed E-state index contributed by atoms with van der Waals surface area (Å²) >= 11 is 0. The number of amides is 1. The largest absolute Gasteiger partial charge is 0.545 e. The first-order valence-corrected chi connectivity index (χ1v) is 4.66. The van der Waals surface area contributed by atoms with E-state index in [4.69, 9.17) is 0 Å². The van der Waals surface area contributed by atoms with Crippen LogP contribution in [0.2, 0.25) is 0 Å². The van der Waals surface area contributed by atoms with Gasteiger partial charge in [-0.2, -0.15) is 13.2 Å². The Morgan fingerprint density at radius 1 is 1.22 bits per heavy atom. The van der Waals surface area contributed by atoms with Gasteiger partial charge in [0.2, 0.25) is 5.91 Å². The van der Waals surface area contributed by atoms with Crippen molar-refractivity contribution in [2.75, 3.05) is 5.32 Å². The van der Waals surface area contributed by atoms with Gasteiger partial charge in [-0.1, -0.05) is 6.07 Å². The van der Waals surface area contributed by atoms with Crippen LogP contribution in [-0.4, -0.2) is 11.9 Å². The van der Waals surface area contributed by atoms with Crippen LogP contribution in [0.15, 0.2) is 36.4 Å². The Balaban J connectivity index is 2.80. The highest BCUT2D eigenvalue weighted by Crippen LogP contribution is 2.30. The van der Waals surface area contributed by atoms with Gasteiger partial charge >= 0.3 is 6.18 Å². The second-order valence-electron chi connectivity index (χ2n) is 3.22. The van der Waals surface area contributed by atoms with Crippen molar-refractivity contribution in [2.24, 2.45) is 0 Å². The van der Waals surface area contributed by atoms with Gasteiger partial charge in [0.15, 0.2) is 0 Å². The molecule has 4 nitrogen and oxygen atoms in total. The maximum atomic E-state index is 12.3. The number of carboxylic acids is 1. The van der Waals surface area contributed by atoms with Gasteiger partial charge in [0.05, 0.1) is 11.5 Å². The Kier molecular flexibility index (Phi) is 4.09. The molecule has 0 aromatic heterocycles. The second kappa shape index (κ2) is 5.35. The molecule has 0 aliphatic rings. The molecule has 0 radical (unpaired) electrons. The van der Waals surface area contributed by atoms with E-state index in [0.29, 0.717) is 12.2 Å². The molecule has 0 saturated carbocycles. The first-order chi connectivity index (χ1) is 8.29. The average molecular weight is 258 g/mol. The van der Waals surface area contributed by atoms with Crippen molar-refractivity contribution in [3.05, 3.63) is 42.0 Å². The number of anilines is 1. The monoisotopic (exact) mass is 258 g/mol. The van der Waals surface area contributed by atoms with Crippen molar-refractivity contribution in [1.29, 1.82) is 0 Å². The number of hydrogen-bond acceptors (Lipinski definition) is 3. The molecule has 0 atom stereocenters. The quantitative estimate of drug-likeness (QED) is 0.820. The molecular formula is C11H7F3NO3-. The normalized spacial score (nSPS) is 11.5. The number of rotatable bonds is 3. The van der Waals surface area contributed by atoms with Crippen LogP contribution in [0, 0.1) is 0 Å². The third-order valence-electron chi connectivity index (χ3n) is 1.83. The molecule has 7 heteroatoms. The fourth-order valence-electron chi connectivity index (χ4n) is 1.10. The highest BCUT2D eigenvalue weighted by Gasteiger charge is 2.30. The first kappa shape index (κ1) is 13.8. The highest BCUT2D eigenvalue weighted by atomic mass is 19.4.